The zero-order valence-electron chi connectivity index (χ0n) is 12.1. The number of hydrogen-bond donors (Lipinski definition) is 1. The van der Waals surface area contributed by atoms with Crippen LogP contribution in [0.1, 0.15) is 45.2 Å². The van der Waals surface area contributed by atoms with Crippen LogP contribution in [0.4, 0.5) is 5.69 Å². The van der Waals surface area contributed by atoms with Gasteiger partial charge in [-0.2, -0.15) is 0 Å². The maximum Gasteiger partial charge on any atom is 0.0425 e. The van der Waals surface area contributed by atoms with Crippen molar-refractivity contribution in [2.24, 2.45) is 0 Å². The predicted octanol–water partition coefficient (Wildman–Crippen LogP) is 4.35. The lowest BCUT2D eigenvalue weighted by Gasteiger charge is -2.32. The minimum atomic E-state index is 0.366. The number of nitrogens with one attached hydrogen (secondary N) is 1. The molecule has 1 N–H and O–H groups in total. The van der Waals surface area contributed by atoms with Gasteiger partial charge in [-0.1, -0.05) is 35.8 Å². The van der Waals surface area contributed by atoms with Crippen molar-refractivity contribution < 1.29 is 0 Å². The molecule has 0 saturated heterocycles. The molecule has 0 aromatic heterocycles. The van der Waals surface area contributed by atoms with E-state index in [-0.39, 0.29) is 0 Å². The Balaban J connectivity index is 3.15. The fourth-order valence-electron chi connectivity index (χ4n) is 2.38. The van der Waals surface area contributed by atoms with Gasteiger partial charge in [-0.25, -0.2) is 0 Å². The zero-order chi connectivity index (χ0) is 13.7. The highest BCUT2D eigenvalue weighted by molar-refractivity contribution is 9.10. The Kier molecular flexibility index (Phi) is 6.16. The van der Waals surface area contributed by atoms with Crippen LogP contribution in [-0.4, -0.2) is 20.1 Å². The Morgan fingerprint density at radius 1 is 1.28 bits per heavy atom. The highest BCUT2D eigenvalue weighted by Crippen LogP contribution is 2.31. The van der Waals surface area contributed by atoms with Gasteiger partial charge < -0.3 is 10.2 Å². The highest BCUT2D eigenvalue weighted by Gasteiger charge is 2.17. The fourth-order valence-corrected chi connectivity index (χ4v) is 2.73. The third-order valence-corrected chi connectivity index (χ3v) is 4.26. The van der Waals surface area contributed by atoms with Gasteiger partial charge in [0.05, 0.1) is 0 Å². The van der Waals surface area contributed by atoms with Crippen LogP contribution in [0, 0.1) is 0 Å². The largest absolute Gasteiger partial charge is 0.371 e. The zero-order valence-corrected chi connectivity index (χ0v) is 13.7. The van der Waals surface area contributed by atoms with Crippen LogP contribution in [0.5, 0.6) is 0 Å². The first-order valence-corrected chi connectivity index (χ1v) is 7.53. The molecule has 1 aromatic rings. The SMILES string of the molecule is CCC(CC)N(C)c1cc(Br)ccc1C(C)NC. The van der Waals surface area contributed by atoms with Crippen molar-refractivity contribution in [2.75, 3.05) is 19.0 Å². The first-order valence-electron chi connectivity index (χ1n) is 6.74. The van der Waals surface area contributed by atoms with Crippen molar-refractivity contribution in [3.63, 3.8) is 0 Å². The molecule has 2 nitrogen and oxygen atoms in total. The third kappa shape index (κ3) is 3.48. The molecule has 0 amide bonds. The number of nitrogens with zero attached hydrogens (tertiary/aromatic N) is 1. The van der Waals surface area contributed by atoms with E-state index in [0.29, 0.717) is 12.1 Å². The predicted molar refractivity (Wildman–Crippen MR) is 84.4 cm³/mol. The van der Waals surface area contributed by atoms with Gasteiger partial charge in [0.15, 0.2) is 0 Å². The quantitative estimate of drug-likeness (QED) is 0.840. The monoisotopic (exact) mass is 312 g/mol. The van der Waals surface area contributed by atoms with E-state index in [4.69, 9.17) is 0 Å². The lowest BCUT2D eigenvalue weighted by Crippen LogP contribution is -2.32. The summed E-state index contributed by atoms with van der Waals surface area (Å²) in [6.45, 7) is 6.71. The van der Waals surface area contributed by atoms with Gasteiger partial charge in [0.1, 0.15) is 0 Å². The molecular formula is C15H25BrN2. The molecule has 102 valence electrons. The molecule has 0 bridgehead atoms. The van der Waals surface area contributed by atoms with Crippen LogP contribution in [0.25, 0.3) is 0 Å². The molecule has 0 saturated carbocycles. The molecule has 1 atom stereocenters. The van der Waals surface area contributed by atoms with E-state index >= 15 is 0 Å². The summed E-state index contributed by atoms with van der Waals surface area (Å²) in [5, 5.41) is 3.33. The molecule has 0 aliphatic rings. The third-order valence-electron chi connectivity index (χ3n) is 3.76. The van der Waals surface area contributed by atoms with Gasteiger partial charge in [0, 0.05) is 29.3 Å². The average molecular weight is 313 g/mol. The van der Waals surface area contributed by atoms with Crippen LogP contribution in [0.2, 0.25) is 0 Å². The molecule has 0 heterocycles. The van der Waals surface area contributed by atoms with Crippen LogP contribution in [-0.2, 0) is 0 Å². The normalized spacial score (nSPS) is 12.8. The Bertz CT molecular complexity index is 375. The second-order valence-electron chi connectivity index (χ2n) is 4.79. The summed E-state index contributed by atoms with van der Waals surface area (Å²) < 4.78 is 1.14. The number of hydrogen-bond acceptors (Lipinski definition) is 2. The van der Waals surface area contributed by atoms with E-state index in [1.807, 2.05) is 7.05 Å². The van der Waals surface area contributed by atoms with Crippen LogP contribution < -0.4 is 10.2 Å². The molecular weight excluding hydrogens is 288 g/mol. The summed E-state index contributed by atoms with van der Waals surface area (Å²) >= 11 is 3.58. The van der Waals surface area contributed by atoms with E-state index in [2.05, 4.69) is 72.2 Å². The standard InChI is InChI=1S/C15H25BrN2/c1-6-13(7-2)18(5)15-10-12(16)8-9-14(15)11(3)17-4/h8-11,13,17H,6-7H2,1-5H3. The van der Waals surface area contributed by atoms with Crippen molar-refractivity contribution in [3.05, 3.63) is 28.2 Å². The van der Waals surface area contributed by atoms with Gasteiger partial charge in [0.2, 0.25) is 0 Å². The van der Waals surface area contributed by atoms with Gasteiger partial charge in [-0.15, -0.1) is 0 Å². The molecule has 0 fully saturated rings. The minimum absolute atomic E-state index is 0.366. The Morgan fingerprint density at radius 2 is 1.89 bits per heavy atom. The topological polar surface area (TPSA) is 15.3 Å². The molecule has 0 aliphatic heterocycles. The van der Waals surface area contributed by atoms with Crippen LogP contribution in [0.3, 0.4) is 0 Å². The van der Waals surface area contributed by atoms with Crippen molar-refractivity contribution >= 4 is 21.6 Å². The summed E-state index contributed by atoms with van der Waals surface area (Å²) in [7, 11) is 4.21. The van der Waals surface area contributed by atoms with Crippen LogP contribution >= 0.6 is 15.9 Å². The van der Waals surface area contributed by atoms with Crippen molar-refractivity contribution in [1.29, 1.82) is 0 Å². The maximum atomic E-state index is 3.58. The Hall–Kier alpha value is -0.540. The summed E-state index contributed by atoms with van der Waals surface area (Å²) in [5.74, 6) is 0. The van der Waals surface area contributed by atoms with Crippen molar-refractivity contribution in [2.45, 2.75) is 45.7 Å². The van der Waals surface area contributed by atoms with E-state index in [0.717, 1.165) is 4.47 Å². The number of benzene rings is 1. The summed E-state index contributed by atoms with van der Waals surface area (Å²) in [5.41, 5.74) is 2.68. The van der Waals surface area contributed by atoms with Crippen LogP contribution in [0.15, 0.2) is 22.7 Å². The maximum absolute atomic E-state index is 3.58. The summed E-state index contributed by atoms with van der Waals surface area (Å²) in [6, 6.07) is 7.51. The second-order valence-corrected chi connectivity index (χ2v) is 5.71. The molecule has 0 aliphatic carbocycles. The summed E-state index contributed by atoms with van der Waals surface area (Å²) in [4.78, 5) is 2.41. The molecule has 0 spiro atoms. The smallest absolute Gasteiger partial charge is 0.0425 e. The Morgan fingerprint density at radius 3 is 2.39 bits per heavy atom. The van der Waals surface area contributed by atoms with E-state index in [1.165, 1.54) is 24.1 Å². The molecule has 1 unspecified atom stereocenters. The molecule has 1 aromatic carbocycles. The lowest BCUT2D eigenvalue weighted by atomic mass is 10.0. The summed E-state index contributed by atoms with van der Waals surface area (Å²) in [6.07, 6.45) is 2.35. The average Bonchev–Trinajstić information content (AvgIpc) is 2.39. The first kappa shape index (κ1) is 15.5. The lowest BCUT2D eigenvalue weighted by molar-refractivity contribution is 0.582. The van der Waals surface area contributed by atoms with E-state index in [1.54, 1.807) is 0 Å². The van der Waals surface area contributed by atoms with Crippen molar-refractivity contribution in [3.8, 4) is 0 Å². The van der Waals surface area contributed by atoms with Gasteiger partial charge in [-0.05, 0) is 44.5 Å². The number of rotatable bonds is 6. The molecule has 18 heavy (non-hydrogen) atoms. The molecule has 3 heteroatoms. The molecule has 1 rings (SSSR count). The number of halogens is 1. The van der Waals surface area contributed by atoms with Gasteiger partial charge >= 0.3 is 0 Å². The molecule has 0 radical (unpaired) electrons. The van der Waals surface area contributed by atoms with E-state index in [9.17, 15) is 0 Å². The highest BCUT2D eigenvalue weighted by atomic mass is 79.9. The van der Waals surface area contributed by atoms with Gasteiger partial charge in [0.25, 0.3) is 0 Å². The minimum Gasteiger partial charge on any atom is -0.371 e. The second kappa shape index (κ2) is 7.15. The van der Waals surface area contributed by atoms with Gasteiger partial charge in [-0.3, -0.25) is 0 Å². The fraction of sp³-hybridized carbons (Fsp3) is 0.600. The number of anilines is 1. The Labute approximate surface area is 120 Å². The van der Waals surface area contributed by atoms with E-state index < -0.39 is 0 Å². The first-order chi connectivity index (χ1) is 8.54. The van der Waals surface area contributed by atoms with Crippen molar-refractivity contribution in [1.82, 2.24) is 5.32 Å².